The summed E-state index contributed by atoms with van der Waals surface area (Å²) < 4.78 is 72.0. The Labute approximate surface area is 224 Å². The van der Waals surface area contributed by atoms with Crippen molar-refractivity contribution in [3.8, 4) is 5.75 Å². The number of aryl methyl sites for hydroxylation is 1. The molecule has 1 amide bonds. The van der Waals surface area contributed by atoms with Gasteiger partial charge < -0.3 is 10.1 Å². The number of anilines is 2. The highest BCUT2D eigenvalue weighted by atomic mass is 32.2. The Bertz CT molecular complexity index is 1510. The van der Waals surface area contributed by atoms with Crippen molar-refractivity contribution in [1.29, 1.82) is 0 Å². The Balaban J connectivity index is 1.46. The number of carbonyl (C=O) groups is 1. The Morgan fingerprint density at radius 2 is 1.46 bits per heavy atom. The SMILES string of the molecule is Cc1ccc(S(=O)(=O)N(Cc2ccccc2)c2ccc(OCC(=O)Nc3ccc(C(F)(F)F)cc3)cc2)cc1. The Kier molecular flexibility index (Phi) is 8.25. The maximum absolute atomic E-state index is 13.6. The van der Waals surface area contributed by atoms with E-state index in [4.69, 9.17) is 4.74 Å². The molecule has 1 N–H and O–H groups in total. The van der Waals surface area contributed by atoms with Gasteiger partial charge in [-0.25, -0.2) is 8.42 Å². The average molecular weight is 555 g/mol. The lowest BCUT2D eigenvalue weighted by Gasteiger charge is -2.25. The first-order valence-corrected chi connectivity index (χ1v) is 13.3. The quantitative estimate of drug-likeness (QED) is 0.259. The van der Waals surface area contributed by atoms with Gasteiger partial charge in [0, 0.05) is 5.69 Å². The van der Waals surface area contributed by atoms with E-state index in [2.05, 4.69) is 5.32 Å². The molecule has 0 saturated heterocycles. The van der Waals surface area contributed by atoms with Gasteiger partial charge in [-0.1, -0.05) is 48.0 Å². The van der Waals surface area contributed by atoms with Crippen LogP contribution in [-0.4, -0.2) is 20.9 Å². The number of amides is 1. The Morgan fingerprint density at radius 1 is 0.846 bits per heavy atom. The number of alkyl halides is 3. The number of nitrogens with zero attached hydrogens (tertiary/aromatic N) is 1. The maximum Gasteiger partial charge on any atom is 0.416 e. The molecule has 0 aliphatic rings. The molecule has 0 radical (unpaired) electrons. The van der Waals surface area contributed by atoms with Crippen LogP contribution in [0.4, 0.5) is 24.5 Å². The van der Waals surface area contributed by atoms with E-state index in [-0.39, 0.29) is 17.1 Å². The van der Waals surface area contributed by atoms with Crippen molar-refractivity contribution in [2.75, 3.05) is 16.2 Å². The predicted octanol–water partition coefficient (Wildman–Crippen LogP) is 6.43. The van der Waals surface area contributed by atoms with Crippen molar-refractivity contribution in [2.45, 2.75) is 24.5 Å². The van der Waals surface area contributed by atoms with Crippen LogP contribution < -0.4 is 14.4 Å². The largest absolute Gasteiger partial charge is 0.484 e. The Morgan fingerprint density at radius 3 is 2.05 bits per heavy atom. The zero-order valence-electron chi connectivity index (χ0n) is 20.9. The minimum atomic E-state index is -4.46. The maximum atomic E-state index is 13.6. The second-order valence-electron chi connectivity index (χ2n) is 8.72. The van der Waals surface area contributed by atoms with Gasteiger partial charge in [-0.05, 0) is 73.2 Å². The van der Waals surface area contributed by atoms with Crippen LogP contribution in [0.3, 0.4) is 0 Å². The highest BCUT2D eigenvalue weighted by molar-refractivity contribution is 7.92. The fraction of sp³-hybridized carbons (Fsp3) is 0.138. The molecule has 4 rings (SSSR count). The summed E-state index contributed by atoms with van der Waals surface area (Å²) in [5.74, 6) is -0.250. The number of sulfonamides is 1. The van der Waals surface area contributed by atoms with Crippen LogP contribution in [0.1, 0.15) is 16.7 Å². The van der Waals surface area contributed by atoms with E-state index in [1.54, 1.807) is 48.5 Å². The lowest BCUT2D eigenvalue weighted by atomic mass is 10.2. The van der Waals surface area contributed by atoms with E-state index in [0.29, 0.717) is 11.4 Å². The Hall–Kier alpha value is -4.31. The van der Waals surface area contributed by atoms with Gasteiger partial charge in [0.2, 0.25) is 0 Å². The minimum Gasteiger partial charge on any atom is -0.484 e. The molecule has 4 aromatic carbocycles. The van der Waals surface area contributed by atoms with E-state index in [9.17, 15) is 26.4 Å². The van der Waals surface area contributed by atoms with Gasteiger partial charge in [0.1, 0.15) is 5.75 Å². The molecule has 0 saturated carbocycles. The molecule has 0 fully saturated rings. The smallest absolute Gasteiger partial charge is 0.416 e. The zero-order valence-corrected chi connectivity index (χ0v) is 21.7. The van der Waals surface area contributed by atoms with Crippen molar-refractivity contribution in [2.24, 2.45) is 0 Å². The molecular formula is C29H25F3N2O4S. The zero-order chi connectivity index (χ0) is 28.0. The number of hydrogen-bond acceptors (Lipinski definition) is 4. The van der Waals surface area contributed by atoms with Gasteiger partial charge in [0.15, 0.2) is 6.61 Å². The summed E-state index contributed by atoms with van der Waals surface area (Å²) in [4.78, 5) is 12.4. The number of halogens is 3. The average Bonchev–Trinajstić information content (AvgIpc) is 2.91. The summed E-state index contributed by atoms with van der Waals surface area (Å²) >= 11 is 0. The highest BCUT2D eigenvalue weighted by Gasteiger charge is 2.30. The van der Waals surface area contributed by atoms with Crippen LogP contribution in [0.25, 0.3) is 0 Å². The fourth-order valence-electron chi connectivity index (χ4n) is 3.70. The molecule has 39 heavy (non-hydrogen) atoms. The first-order valence-electron chi connectivity index (χ1n) is 11.9. The van der Waals surface area contributed by atoms with Gasteiger partial charge in [0.25, 0.3) is 15.9 Å². The first-order chi connectivity index (χ1) is 18.5. The van der Waals surface area contributed by atoms with E-state index in [1.165, 1.54) is 4.31 Å². The minimum absolute atomic E-state index is 0.104. The van der Waals surface area contributed by atoms with Gasteiger partial charge in [-0.15, -0.1) is 0 Å². The van der Waals surface area contributed by atoms with Crippen LogP contribution in [0.15, 0.2) is 108 Å². The summed E-state index contributed by atoms with van der Waals surface area (Å²) in [5, 5.41) is 2.47. The third-order valence-corrected chi connectivity index (χ3v) is 7.56. The van der Waals surface area contributed by atoms with E-state index < -0.39 is 34.3 Å². The molecule has 0 heterocycles. The van der Waals surface area contributed by atoms with Crippen LogP contribution in [0, 0.1) is 6.92 Å². The number of benzene rings is 4. The molecule has 0 aromatic heterocycles. The van der Waals surface area contributed by atoms with Gasteiger partial charge >= 0.3 is 6.18 Å². The topological polar surface area (TPSA) is 75.7 Å². The van der Waals surface area contributed by atoms with Gasteiger partial charge in [0.05, 0.1) is 22.7 Å². The molecule has 0 unspecified atom stereocenters. The fourth-order valence-corrected chi connectivity index (χ4v) is 5.15. The highest BCUT2D eigenvalue weighted by Crippen LogP contribution is 2.30. The molecule has 0 aliphatic heterocycles. The van der Waals surface area contributed by atoms with Crippen LogP contribution in [0.2, 0.25) is 0 Å². The standard InChI is InChI=1S/C29H25F3N2O4S/c1-21-7-17-27(18-8-21)39(36,37)34(19-22-5-3-2-4-6-22)25-13-15-26(16-14-25)38-20-28(35)33-24-11-9-23(10-12-24)29(30,31)32/h2-18H,19-20H2,1H3,(H,33,35). The van der Waals surface area contributed by atoms with Crippen molar-refractivity contribution in [3.63, 3.8) is 0 Å². The summed E-state index contributed by atoms with van der Waals surface area (Å²) in [6.45, 7) is 1.59. The lowest BCUT2D eigenvalue weighted by Crippen LogP contribution is -2.30. The second-order valence-corrected chi connectivity index (χ2v) is 10.6. The van der Waals surface area contributed by atoms with Crippen LogP contribution in [0.5, 0.6) is 5.75 Å². The third kappa shape index (κ3) is 7.17. The number of nitrogens with one attached hydrogen (secondary N) is 1. The molecule has 202 valence electrons. The van der Waals surface area contributed by atoms with Crippen molar-refractivity contribution in [3.05, 3.63) is 120 Å². The van der Waals surface area contributed by atoms with E-state index >= 15 is 0 Å². The summed E-state index contributed by atoms with van der Waals surface area (Å²) in [7, 11) is -3.90. The molecule has 0 bridgehead atoms. The summed E-state index contributed by atoms with van der Waals surface area (Å²) in [6, 6.07) is 26.1. The number of carbonyl (C=O) groups excluding carboxylic acids is 1. The second kappa shape index (κ2) is 11.6. The number of ether oxygens (including phenoxy) is 1. The lowest BCUT2D eigenvalue weighted by molar-refractivity contribution is -0.137. The van der Waals surface area contributed by atoms with E-state index in [1.807, 2.05) is 37.3 Å². The number of hydrogen-bond donors (Lipinski definition) is 1. The van der Waals surface area contributed by atoms with Crippen molar-refractivity contribution >= 4 is 27.3 Å². The molecule has 0 atom stereocenters. The first kappa shape index (κ1) is 27.7. The van der Waals surface area contributed by atoms with E-state index in [0.717, 1.165) is 35.4 Å². The predicted molar refractivity (Wildman–Crippen MR) is 143 cm³/mol. The molecule has 6 nitrogen and oxygen atoms in total. The third-order valence-electron chi connectivity index (χ3n) is 5.77. The van der Waals surface area contributed by atoms with Gasteiger partial charge in [-0.2, -0.15) is 13.2 Å². The monoisotopic (exact) mass is 554 g/mol. The van der Waals surface area contributed by atoms with Crippen LogP contribution >= 0.6 is 0 Å². The number of rotatable bonds is 9. The van der Waals surface area contributed by atoms with Crippen molar-refractivity contribution in [1.82, 2.24) is 0 Å². The molecule has 4 aromatic rings. The van der Waals surface area contributed by atoms with Crippen molar-refractivity contribution < 1.29 is 31.1 Å². The molecule has 0 spiro atoms. The summed E-state index contributed by atoms with van der Waals surface area (Å²) in [5.41, 5.74) is 1.52. The van der Waals surface area contributed by atoms with Gasteiger partial charge in [-0.3, -0.25) is 9.10 Å². The van der Waals surface area contributed by atoms with Crippen LogP contribution in [-0.2, 0) is 27.5 Å². The normalized spacial score (nSPS) is 11.6. The molecular weight excluding hydrogens is 529 g/mol. The summed E-state index contributed by atoms with van der Waals surface area (Å²) in [6.07, 6.45) is -4.46. The molecule has 0 aliphatic carbocycles. The molecule has 10 heteroatoms.